The molecule has 0 saturated carbocycles. The van der Waals surface area contributed by atoms with E-state index in [1.54, 1.807) is 0 Å². The molecule has 0 aliphatic carbocycles. The highest BCUT2D eigenvalue weighted by molar-refractivity contribution is 5.33. The van der Waals surface area contributed by atoms with Crippen molar-refractivity contribution in [2.45, 2.75) is 6.54 Å². The largest absolute Gasteiger partial charge is 0.328 e. The molecular weight excluding hydrogens is 237 g/mol. The van der Waals surface area contributed by atoms with Crippen molar-refractivity contribution >= 4 is 0 Å². The lowest BCUT2D eigenvalue weighted by Gasteiger charge is -2.06. The van der Waals surface area contributed by atoms with Crippen LogP contribution in [0.25, 0.3) is 0 Å². The van der Waals surface area contributed by atoms with Gasteiger partial charge in [-0.3, -0.25) is 14.3 Å². The fraction of sp³-hybridized carbons (Fsp3) is 0.0833. The van der Waals surface area contributed by atoms with Gasteiger partial charge in [-0.15, -0.1) is 0 Å². The summed E-state index contributed by atoms with van der Waals surface area (Å²) in [5.41, 5.74) is -0.612. The third kappa shape index (κ3) is 2.35. The molecule has 0 atom stereocenters. The molecule has 1 N–H and O–H groups in total. The Morgan fingerprint density at radius 3 is 2.78 bits per heavy atom. The van der Waals surface area contributed by atoms with E-state index in [1.165, 1.54) is 30.5 Å². The molecule has 1 aromatic carbocycles. The third-order valence-corrected chi connectivity index (χ3v) is 2.41. The van der Waals surface area contributed by atoms with Crippen molar-refractivity contribution in [2.75, 3.05) is 0 Å². The van der Waals surface area contributed by atoms with Crippen LogP contribution in [-0.2, 0) is 6.54 Å². The van der Waals surface area contributed by atoms with Crippen LogP contribution >= 0.6 is 0 Å². The summed E-state index contributed by atoms with van der Waals surface area (Å²) in [7, 11) is 0. The van der Waals surface area contributed by atoms with Crippen LogP contribution in [0.2, 0.25) is 0 Å². The van der Waals surface area contributed by atoms with Gasteiger partial charge in [0.25, 0.3) is 5.56 Å². The molecule has 0 fully saturated rings. The summed E-state index contributed by atoms with van der Waals surface area (Å²) >= 11 is 0. The van der Waals surface area contributed by atoms with E-state index < -0.39 is 17.1 Å². The maximum atomic E-state index is 13.5. The summed E-state index contributed by atoms with van der Waals surface area (Å²) in [5, 5.41) is 8.72. The quantitative estimate of drug-likeness (QED) is 0.841. The fourth-order valence-electron chi connectivity index (χ4n) is 1.52. The number of hydrogen-bond acceptors (Lipinski definition) is 3. The number of aromatic nitrogens is 2. The van der Waals surface area contributed by atoms with Crippen LogP contribution in [0.5, 0.6) is 0 Å². The Balaban J connectivity index is 2.43. The van der Waals surface area contributed by atoms with E-state index in [-0.39, 0.29) is 12.1 Å². The van der Waals surface area contributed by atoms with E-state index >= 15 is 0 Å². The van der Waals surface area contributed by atoms with Crippen LogP contribution in [0, 0.1) is 17.1 Å². The number of rotatable bonds is 2. The van der Waals surface area contributed by atoms with Crippen LogP contribution < -0.4 is 11.2 Å². The van der Waals surface area contributed by atoms with Crippen molar-refractivity contribution in [1.29, 1.82) is 5.26 Å². The van der Waals surface area contributed by atoms with Crippen LogP contribution in [0.4, 0.5) is 4.39 Å². The molecule has 5 nitrogen and oxygen atoms in total. The van der Waals surface area contributed by atoms with Gasteiger partial charge >= 0.3 is 5.69 Å². The predicted octanol–water partition coefficient (Wildman–Crippen LogP) is 0.596. The van der Waals surface area contributed by atoms with Crippen LogP contribution in [0.3, 0.4) is 0 Å². The van der Waals surface area contributed by atoms with Gasteiger partial charge in [-0.05, 0) is 18.2 Å². The van der Waals surface area contributed by atoms with Gasteiger partial charge in [0.1, 0.15) is 5.82 Å². The van der Waals surface area contributed by atoms with E-state index in [1.807, 2.05) is 6.07 Å². The predicted molar refractivity (Wildman–Crippen MR) is 61.5 cm³/mol. The highest BCUT2D eigenvalue weighted by atomic mass is 19.1. The normalized spacial score (nSPS) is 10.0. The maximum Gasteiger partial charge on any atom is 0.328 e. The van der Waals surface area contributed by atoms with Gasteiger partial charge in [0.05, 0.1) is 18.2 Å². The molecule has 0 amide bonds. The molecule has 18 heavy (non-hydrogen) atoms. The summed E-state index contributed by atoms with van der Waals surface area (Å²) in [6.45, 7) is -0.0447. The maximum absolute atomic E-state index is 13.5. The van der Waals surface area contributed by atoms with E-state index in [0.717, 1.165) is 4.57 Å². The Hall–Kier alpha value is -2.68. The lowest BCUT2D eigenvalue weighted by Crippen LogP contribution is -2.29. The summed E-state index contributed by atoms with van der Waals surface area (Å²) in [6, 6.07) is 6.96. The smallest absolute Gasteiger partial charge is 0.296 e. The second-order valence-electron chi connectivity index (χ2n) is 3.66. The van der Waals surface area contributed by atoms with Crippen LogP contribution in [0.1, 0.15) is 11.1 Å². The molecule has 0 radical (unpaired) electrons. The third-order valence-electron chi connectivity index (χ3n) is 2.41. The van der Waals surface area contributed by atoms with E-state index in [2.05, 4.69) is 4.98 Å². The Morgan fingerprint density at radius 2 is 2.11 bits per heavy atom. The molecule has 1 heterocycles. The van der Waals surface area contributed by atoms with Crippen molar-refractivity contribution in [1.82, 2.24) is 9.55 Å². The number of H-pyrrole nitrogens is 1. The number of benzene rings is 1. The highest BCUT2D eigenvalue weighted by Gasteiger charge is 2.05. The fourth-order valence-corrected chi connectivity index (χ4v) is 1.52. The number of halogens is 1. The van der Waals surface area contributed by atoms with Gasteiger partial charge in [-0.1, -0.05) is 0 Å². The first-order valence-corrected chi connectivity index (χ1v) is 5.08. The Labute approximate surface area is 101 Å². The van der Waals surface area contributed by atoms with Gasteiger partial charge in [0.2, 0.25) is 0 Å². The number of nitrogens with one attached hydrogen (secondary N) is 1. The lowest BCUT2D eigenvalue weighted by atomic mass is 10.1. The monoisotopic (exact) mass is 245 g/mol. The van der Waals surface area contributed by atoms with Crippen molar-refractivity contribution in [3.05, 3.63) is 68.2 Å². The number of nitriles is 1. The lowest BCUT2D eigenvalue weighted by molar-refractivity contribution is 0.592. The van der Waals surface area contributed by atoms with Crippen molar-refractivity contribution in [2.24, 2.45) is 0 Å². The zero-order chi connectivity index (χ0) is 13.1. The Morgan fingerprint density at radius 1 is 1.33 bits per heavy atom. The second-order valence-corrected chi connectivity index (χ2v) is 3.66. The minimum Gasteiger partial charge on any atom is -0.296 e. The van der Waals surface area contributed by atoms with E-state index in [4.69, 9.17) is 5.26 Å². The van der Waals surface area contributed by atoms with Crippen molar-refractivity contribution < 1.29 is 4.39 Å². The summed E-state index contributed by atoms with van der Waals surface area (Å²) in [5.74, 6) is -0.507. The van der Waals surface area contributed by atoms with Crippen LogP contribution in [-0.4, -0.2) is 9.55 Å². The Bertz CT molecular complexity index is 740. The highest BCUT2D eigenvalue weighted by Crippen LogP contribution is 2.10. The van der Waals surface area contributed by atoms with Gasteiger partial charge < -0.3 is 0 Å². The summed E-state index contributed by atoms with van der Waals surface area (Å²) in [6.07, 6.45) is 1.28. The van der Waals surface area contributed by atoms with Crippen LogP contribution in [0.15, 0.2) is 40.1 Å². The molecule has 90 valence electrons. The van der Waals surface area contributed by atoms with Crippen molar-refractivity contribution in [3.63, 3.8) is 0 Å². The molecule has 0 aliphatic heterocycles. The van der Waals surface area contributed by atoms with Gasteiger partial charge in [0, 0.05) is 17.8 Å². The Kier molecular flexibility index (Phi) is 3.06. The minimum atomic E-state index is -0.621. The molecule has 0 unspecified atom stereocenters. The molecule has 2 aromatic rings. The van der Waals surface area contributed by atoms with Gasteiger partial charge in [-0.2, -0.15) is 5.26 Å². The van der Waals surface area contributed by atoms with Crippen molar-refractivity contribution in [3.8, 4) is 6.07 Å². The first-order chi connectivity index (χ1) is 8.60. The minimum absolute atomic E-state index is 0.0447. The number of hydrogen-bond donors (Lipinski definition) is 1. The molecule has 0 bridgehead atoms. The van der Waals surface area contributed by atoms with Gasteiger partial charge in [-0.25, -0.2) is 9.18 Å². The van der Waals surface area contributed by atoms with E-state index in [9.17, 15) is 14.0 Å². The number of aromatic amines is 1. The van der Waals surface area contributed by atoms with Gasteiger partial charge in [0.15, 0.2) is 0 Å². The molecular formula is C12H8FN3O2. The zero-order valence-corrected chi connectivity index (χ0v) is 9.18. The average molecular weight is 245 g/mol. The number of nitrogens with zero attached hydrogens (tertiary/aromatic N) is 2. The summed E-state index contributed by atoms with van der Waals surface area (Å²) in [4.78, 5) is 24.4. The first-order valence-electron chi connectivity index (χ1n) is 5.08. The molecule has 0 spiro atoms. The average Bonchev–Trinajstić information content (AvgIpc) is 2.35. The molecule has 1 aromatic heterocycles. The molecule has 2 rings (SSSR count). The second kappa shape index (κ2) is 4.67. The topological polar surface area (TPSA) is 78.7 Å². The standard InChI is InChI=1S/C12H8FN3O2/c13-10-2-1-8(6-14)5-9(10)7-16-4-3-11(17)15-12(16)18/h1-5H,7H2,(H,15,17,18). The summed E-state index contributed by atoms with van der Waals surface area (Å²) < 4.78 is 14.7. The molecule has 0 aliphatic rings. The molecule has 0 saturated heterocycles. The first kappa shape index (κ1) is 11.8. The SMILES string of the molecule is N#Cc1ccc(F)c(Cn2ccc(=O)[nH]c2=O)c1. The zero-order valence-electron chi connectivity index (χ0n) is 9.18. The van der Waals surface area contributed by atoms with E-state index in [0.29, 0.717) is 5.56 Å². The molecule has 6 heteroatoms.